The van der Waals surface area contributed by atoms with Gasteiger partial charge in [0.15, 0.2) is 5.13 Å². The molecule has 0 bridgehead atoms. The van der Waals surface area contributed by atoms with E-state index < -0.39 is 0 Å². The van der Waals surface area contributed by atoms with E-state index in [0.29, 0.717) is 0 Å². The molecule has 19 heavy (non-hydrogen) atoms. The molecule has 0 saturated carbocycles. The summed E-state index contributed by atoms with van der Waals surface area (Å²) in [7, 11) is 0. The normalized spacial score (nSPS) is 11.8. The van der Waals surface area contributed by atoms with Crippen molar-refractivity contribution in [2.45, 2.75) is 46.0 Å². The second-order valence-corrected chi connectivity index (χ2v) is 7.31. The Labute approximate surface area is 123 Å². The summed E-state index contributed by atoms with van der Waals surface area (Å²) < 4.78 is 0. The largest absolute Gasteiger partial charge is 0.362 e. The molecule has 1 N–H and O–H groups in total. The lowest BCUT2D eigenvalue weighted by atomic mass is 9.91. The van der Waals surface area contributed by atoms with Crippen molar-refractivity contribution in [1.82, 2.24) is 9.97 Å². The predicted octanol–water partition coefficient (Wildman–Crippen LogP) is 4.78. The van der Waals surface area contributed by atoms with Crippen molar-refractivity contribution in [3.63, 3.8) is 0 Å². The minimum Gasteiger partial charge on any atom is -0.362 e. The van der Waals surface area contributed by atoms with Crippen LogP contribution in [0.4, 0.5) is 5.13 Å². The van der Waals surface area contributed by atoms with Crippen LogP contribution in [0.5, 0.6) is 0 Å². The van der Waals surface area contributed by atoms with E-state index in [9.17, 15) is 0 Å². The lowest BCUT2D eigenvalue weighted by Gasteiger charge is -2.16. The van der Waals surface area contributed by atoms with E-state index in [1.807, 2.05) is 5.51 Å². The highest BCUT2D eigenvalue weighted by Crippen LogP contribution is 2.36. The highest BCUT2D eigenvalue weighted by molar-refractivity contribution is 7.15. The van der Waals surface area contributed by atoms with Gasteiger partial charge in [0, 0.05) is 17.3 Å². The summed E-state index contributed by atoms with van der Waals surface area (Å²) in [4.78, 5) is 10.4. The van der Waals surface area contributed by atoms with Crippen molar-refractivity contribution in [3.8, 4) is 10.6 Å². The third-order valence-electron chi connectivity index (χ3n) is 2.82. The van der Waals surface area contributed by atoms with Crippen molar-refractivity contribution >= 4 is 27.8 Å². The number of unbranched alkanes of at least 4 members (excludes halogenated alkanes) is 1. The van der Waals surface area contributed by atoms with E-state index in [1.54, 1.807) is 22.7 Å². The molecule has 0 aliphatic carbocycles. The van der Waals surface area contributed by atoms with Crippen molar-refractivity contribution < 1.29 is 0 Å². The molecule has 0 amide bonds. The highest BCUT2D eigenvalue weighted by atomic mass is 32.1. The van der Waals surface area contributed by atoms with Gasteiger partial charge in [-0.1, -0.05) is 34.1 Å². The van der Waals surface area contributed by atoms with E-state index in [0.717, 1.165) is 23.1 Å². The lowest BCUT2D eigenvalue weighted by molar-refractivity contribution is 0.574. The quantitative estimate of drug-likeness (QED) is 0.807. The molecule has 0 unspecified atom stereocenters. The number of anilines is 1. The second kappa shape index (κ2) is 6.01. The van der Waals surface area contributed by atoms with E-state index in [2.05, 4.69) is 48.4 Å². The van der Waals surface area contributed by atoms with Crippen LogP contribution in [0, 0.1) is 0 Å². The fourth-order valence-corrected chi connectivity index (χ4v) is 3.56. The van der Waals surface area contributed by atoms with Gasteiger partial charge in [-0.25, -0.2) is 9.97 Å². The van der Waals surface area contributed by atoms with Crippen LogP contribution in [-0.2, 0) is 5.41 Å². The zero-order valence-electron chi connectivity index (χ0n) is 12.0. The minimum atomic E-state index is 0.0642. The molecule has 0 fully saturated rings. The molecule has 0 saturated heterocycles. The lowest BCUT2D eigenvalue weighted by Crippen LogP contribution is -2.12. The van der Waals surface area contributed by atoms with Crippen molar-refractivity contribution in [1.29, 1.82) is 0 Å². The maximum atomic E-state index is 4.68. The Kier molecular flexibility index (Phi) is 4.58. The van der Waals surface area contributed by atoms with Gasteiger partial charge in [0.1, 0.15) is 0 Å². The molecule has 104 valence electrons. The molecular weight excluding hydrogens is 274 g/mol. The Hall–Kier alpha value is -0.940. The Morgan fingerprint density at radius 2 is 2.05 bits per heavy atom. The Morgan fingerprint density at radius 1 is 1.26 bits per heavy atom. The van der Waals surface area contributed by atoms with Gasteiger partial charge in [-0.2, -0.15) is 0 Å². The molecular formula is C14H21N3S2. The molecule has 2 aromatic rings. The maximum absolute atomic E-state index is 4.68. The van der Waals surface area contributed by atoms with Gasteiger partial charge in [-0.3, -0.25) is 0 Å². The molecule has 0 aromatic carbocycles. The van der Waals surface area contributed by atoms with Crippen LogP contribution in [-0.4, -0.2) is 16.5 Å². The number of aromatic nitrogens is 2. The van der Waals surface area contributed by atoms with Crippen molar-refractivity contribution in [2.75, 3.05) is 11.9 Å². The van der Waals surface area contributed by atoms with Crippen LogP contribution in [0.1, 0.15) is 46.2 Å². The van der Waals surface area contributed by atoms with Crippen LogP contribution in [0.2, 0.25) is 0 Å². The SMILES string of the molecule is CCCCNc1nc(-c2scnc2C(C)(C)C)cs1. The molecule has 5 heteroatoms. The molecule has 2 rings (SSSR count). The number of hydrogen-bond donors (Lipinski definition) is 1. The topological polar surface area (TPSA) is 37.8 Å². The molecule has 0 aliphatic heterocycles. The summed E-state index contributed by atoms with van der Waals surface area (Å²) in [6.07, 6.45) is 2.39. The van der Waals surface area contributed by atoms with E-state index in [4.69, 9.17) is 0 Å². The molecule has 2 heterocycles. The van der Waals surface area contributed by atoms with Crippen LogP contribution in [0.25, 0.3) is 10.6 Å². The number of nitrogens with zero attached hydrogens (tertiary/aromatic N) is 2. The monoisotopic (exact) mass is 295 g/mol. The van der Waals surface area contributed by atoms with Crippen LogP contribution in [0.15, 0.2) is 10.9 Å². The van der Waals surface area contributed by atoms with Crippen LogP contribution in [0.3, 0.4) is 0 Å². The van der Waals surface area contributed by atoms with Crippen molar-refractivity contribution in [3.05, 3.63) is 16.6 Å². The summed E-state index contributed by atoms with van der Waals surface area (Å²) in [5, 5.41) is 6.51. The van der Waals surface area contributed by atoms with E-state index in [-0.39, 0.29) is 5.41 Å². The fourth-order valence-electron chi connectivity index (χ4n) is 1.79. The summed E-state index contributed by atoms with van der Waals surface area (Å²) >= 11 is 3.35. The van der Waals surface area contributed by atoms with Gasteiger partial charge < -0.3 is 5.32 Å². The maximum Gasteiger partial charge on any atom is 0.183 e. The molecule has 0 atom stereocenters. The first-order valence-electron chi connectivity index (χ1n) is 6.66. The Bertz CT molecular complexity index is 523. The molecule has 3 nitrogen and oxygen atoms in total. The Balaban J connectivity index is 2.17. The summed E-state index contributed by atoms with van der Waals surface area (Å²) in [5.74, 6) is 0. The first-order valence-corrected chi connectivity index (χ1v) is 8.42. The van der Waals surface area contributed by atoms with Gasteiger partial charge >= 0.3 is 0 Å². The smallest absolute Gasteiger partial charge is 0.183 e. The molecule has 0 aliphatic rings. The number of rotatable bonds is 5. The van der Waals surface area contributed by atoms with Gasteiger partial charge in [0.2, 0.25) is 0 Å². The number of hydrogen-bond acceptors (Lipinski definition) is 5. The Morgan fingerprint density at radius 3 is 2.74 bits per heavy atom. The third-order valence-corrected chi connectivity index (χ3v) is 4.47. The number of thiazole rings is 2. The van der Waals surface area contributed by atoms with Crippen LogP contribution >= 0.6 is 22.7 Å². The molecule has 2 aromatic heterocycles. The zero-order chi connectivity index (χ0) is 13.9. The van der Waals surface area contributed by atoms with E-state index >= 15 is 0 Å². The fraction of sp³-hybridized carbons (Fsp3) is 0.571. The van der Waals surface area contributed by atoms with Crippen molar-refractivity contribution in [2.24, 2.45) is 0 Å². The predicted molar refractivity (Wildman–Crippen MR) is 85.3 cm³/mol. The molecule has 0 radical (unpaired) electrons. The molecule has 0 spiro atoms. The highest BCUT2D eigenvalue weighted by Gasteiger charge is 2.23. The minimum absolute atomic E-state index is 0.0642. The summed E-state index contributed by atoms with van der Waals surface area (Å²) in [5.41, 5.74) is 4.17. The van der Waals surface area contributed by atoms with Crippen LogP contribution < -0.4 is 5.32 Å². The summed E-state index contributed by atoms with van der Waals surface area (Å²) in [6.45, 7) is 9.77. The van der Waals surface area contributed by atoms with Gasteiger partial charge in [-0.15, -0.1) is 22.7 Å². The van der Waals surface area contributed by atoms with E-state index in [1.165, 1.54) is 17.7 Å². The zero-order valence-corrected chi connectivity index (χ0v) is 13.6. The average molecular weight is 295 g/mol. The second-order valence-electron chi connectivity index (χ2n) is 5.60. The first-order chi connectivity index (χ1) is 9.02. The van der Waals surface area contributed by atoms with Gasteiger partial charge in [0.05, 0.1) is 21.8 Å². The van der Waals surface area contributed by atoms with Gasteiger partial charge in [-0.05, 0) is 6.42 Å². The number of nitrogens with one attached hydrogen (secondary N) is 1. The summed E-state index contributed by atoms with van der Waals surface area (Å²) in [6, 6.07) is 0. The average Bonchev–Trinajstić information content (AvgIpc) is 2.96. The first kappa shape index (κ1) is 14.5. The third kappa shape index (κ3) is 3.54. The van der Waals surface area contributed by atoms with Gasteiger partial charge in [0.25, 0.3) is 0 Å². The standard InChI is InChI=1S/C14H21N3S2/c1-5-6-7-15-13-17-10(8-18-13)11-12(14(2,3)4)16-9-19-11/h8-9H,5-7H2,1-4H3,(H,15,17).